The molecule has 0 saturated carbocycles. The summed E-state index contributed by atoms with van der Waals surface area (Å²) in [5.74, 6) is 0.456. The lowest BCUT2D eigenvalue weighted by Crippen LogP contribution is -2.40. The molecule has 1 aromatic carbocycles. The Morgan fingerprint density at radius 3 is 2.45 bits per heavy atom. The third kappa shape index (κ3) is 3.81. The fraction of sp³-hybridized carbons (Fsp3) is 0.562. The predicted octanol–water partition coefficient (Wildman–Crippen LogP) is 1.95. The summed E-state index contributed by atoms with van der Waals surface area (Å²) in [6.07, 6.45) is 1.96. The van der Waals surface area contributed by atoms with Crippen LogP contribution in [0.15, 0.2) is 18.2 Å². The molecule has 1 amide bonds. The summed E-state index contributed by atoms with van der Waals surface area (Å²) < 4.78 is 0. The van der Waals surface area contributed by atoms with Gasteiger partial charge in [-0.05, 0) is 56.8 Å². The topological polar surface area (TPSA) is 52.6 Å². The van der Waals surface area contributed by atoms with Gasteiger partial charge in [-0.2, -0.15) is 0 Å². The molecule has 1 heterocycles. The summed E-state index contributed by atoms with van der Waals surface area (Å²) in [7, 11) is 0. The predicted molar refractivity (Wildman–Crippen MR) is 80.8 cm³/mol. The van der Waals surface area contributed by atoms with E-state index in [0.29, 0.717) is 12.5 Å². The monoisotopic (exact) mass is 276 g/mol. The number of aliphatic hydroxyl groups is 1. The third-order valence-corrected chi connectivity index (χ3v) is 4.08. The molecule has 4 heteroatoms. The molecule has 0 spiro atoms. The van der Waals surface area contributed by atoms with Crippen LogP contribution in [-0.4, -0.2) is 42.2 Å². The number of aliphatic hydroxyl groups excluding tert-OH is 1. The maximum atomic E-state index is 12.1. The highest BCUT2D eigenvalue weighted by Gasteiger charge is 2.20. The number of para-hydroxylation sites is 1. The molecule has 110 valence electrons. The van der Waals surface area contributed by atoms with Crippen LogP contribution in [0, 0.1) is 19.8 Å². The number of carbonyl (C=O) groups is 1. The second-order valence-electron chi connectivity index (χ2n) is 5.72. The molecule has 0 unspecified atom stereocenters. The number of piperidine rings is 1. The fourth-order valence-corrected chi connectivity index (χ4v) is 2.72. The number of aryl methyl sites for hydroxylation is 2. The number of benzene rings is 1. The second kappa shape index (κ2) is 6.86. The SMILES string of the molecule is Cc1cccc(C)c1NC(=O)CN1CCC(CO)CC1. The van der Waals surface area contributed by atoms with Gasteiger partial charge in [0.15, 0.2) is 0 Å². The van der Waals surface area contributed by atoms with E-state index in [0.717, 1.165) is 42.7 Å². The Morgan fingerprint density at radius 1 is 1.30 bits per heavy atom. The lowest BCUT2D eigenvalue weighted by molar-refractivity contribution is -0.117. The quantitative estimate of drug-likeness (QED) is 0.883. The van der Waals surface area contributed by atoms with Crippen LogP contribution < -0.4 is 5.32 Å². The highest BCUT2D eigenvalue weighted by atomic mass is 16.3. The van der Waals surface area contributed by atoms with Crippen LogP contribution in [0.3, 0.4) is 0 Å². The first kappa shape index (κ1) is 15.0. The molecule has 0 aliphatic carbocycles. The van der Waals surface area contributed by atoms with Gasteiger partial charge in [0.05, 0.1) is 6.54 Å². The van der Waals surface area contributed by atoms with Gasteiger partial charge in [-0.3, -0.25) is 9.69 Å². The van der Waals surface area contributed by atoms with Crippen molar-refractivity contribution in [2.45, 2.75) is 26.7 Å². The van der Waals surface area contributed by atoms with Crippen molar-refractivity contribution >= 4 is 11.6 Å². The number of likely N-dealkylation sites (tertiary alicyclic amines) is 1. The van der Waals surface area contributed by atoms with Gasteiger partial charge < -0.3 is 10.4 Å². The molecule has 1 aliphatic rings. The molecule has 20 heavy (non-hydrogen) atoms. The normalized spacial score (nSPS) is 17.1. The first-order valence-corrected chi connectivity index (χ1v) is 7.29. The molecule has 1 aliphatic heterocycles. The van der Waals surface area contributed by atoms with Gasteiger partial charge in [0, 0.05) is 12.3 Å². The number of rotatable bonds is 4. The zero-order valence-corrected chi connectivity index (χ0v) is 12.4. The van der Waals surface area contributed by atoms with Crippen molar-refractivity contribution in [2.75, 3.05) is 31.6 Å². The third-order valence-electron chi connectivity index (χ3n) is 4.08. The summed E-state index contributed by atoms with van der Waals surface area (Å²) in [5.41, 5.74) is 3.12. The van der Waals surface area contributed by atoms with Crippen LogP contribution >= 0.6 is 0 Å². The molecule has 0 bridgehead atoms. The van der Waals surface area contributed by atoms with E-state index < -0.39 is 0 Å². The van der Waals surface area contributed by atoms with E-state index in [2.05, 4.69) is 10.2 Å². The summed E-state index contributed by atoms with van der Waals surface area (Å²) in [6.45, 7) is 6.51. The Hall–Kier alpha value is -1.39. The van der Waals surface area contributed by atoms with Crippen molar-refractivity contribution in [2.24, 2.45) is 5.92 Å². The molecule has 0 aromatic heterocycles. The van der Waals surface area contributed by atoms with Gasteiger partial charge in [-0.25, -0.2) is 0 Å². The van der Waals surface area contributed by atoms with Crippen molar-refractivity contribution in [1.82, 2.24) is 4.90 Å². The summed E-state index contributed by atoms with van der Waals surface area (Å²) >= 11 is 0. The van der Waals surface area contributed by atoms with Crippen LogP contribution in [0.1, 0.15) is 24.0 Å². The molecular weight excluding hydrogens is 252 g/mol. The Bertz CT molecular complexity index is 445. The lowest BCUT2D eigenvalue weighted by Gasteiger charge is -2.30. The van der Waals surface area contributed by atoms with Crippen molar-refractivity contribution in [3.8, 4) is 0 Å². The van der Waals surface area contributed by atoms with E-state index in [-0.39, 0.29) is 12.5 Å². The molecule has 1 aromatic rings. The molecule has 1 saturated heterocycles. The fourth-order valence-electron chi connectivity index (χ4n) is 2.72. The van der Waals surface area contributed by atoms with Gasteiger partial charge in [-0.1, -0.05) is 18.2 Å². The summed E-state index contributed by atoms with van der Waals surface area (Å²) in [5, 5.41) is 12.1. The van der Waals surface area contributed by atoms with Crippen molar-refractivity contribution in [1.29, 1.82) is 0 Å². The zero-order chi connectivity index (χ0) is 14.5. The van der Waals surface area contributed by atoms with Crippen LogP contribution in [-0.2, 0) is 4.79 Å². The number of hydrogen-bond acceptors (Lipinski definition) is 3. The zero-order valence-electron chi connectivity index (χ0n) is 12.4. The van der Waals surface area contributed by atoms with Crippen molar-refractivity contribution in [3.63, 3.8) is 0 Å². The molecule has 4 nitrogen and oxygen atoms in total. The van der Waals surface area contributed by atoms with Gasteiger partial charge in [-0.15, -0.1) is 0 Å². The first-order valence-electron chi connectivity index (χ1n) is 7.29. The van der Waals surface area contributed by atoms with Gasteiger partial charge in [0.2, 0.25) is 5.91 Å². The largest absolute Gasteiger partial charge is 0.396 e. The Morgan fingerprint density at radius 2 is 1.90 bits per heavy atom. The minimum atomic E-state index is 0.0462. The minimum Gasteiger partial charge on any atom is -0.396 e. The highest BCUT2D eigenvalue weighted by molar-refractivity contribution is 5.93. The second-order valence-corrected chi connectivity index (χ2v) is 5.72. The van der Waals surface area contributed by atoms with E-state index in [1.165, 1.54) is 0 Å². The molecule has 0 atom stereocenters. The lowest BCUT2D eigenvalue weighted by atomic mass is 9.98. The average molecular weight is 276 g/mol. The Balaban J connectivity index is 1.87. The molecular formula is C16H24N2O2. The van der Waals surface area contributed by atoms with Crippen LogP contribution in [0.25, 0.3) is 0 Å². The molecule has 0 radical (unpaired) electrons. The number of nitrogens with one attached hydrogen (secondary N) is 1. The van der Waals surface area contributed by atoms with Gasteiger partial charge in [0.1, 0.15) is 0 Å². The van der Waals surface area contributed by atoms with Gasteiger partial charge in [0.25, 0.3) is 0 Å². The standard InChI is InChI=1S/C16H24N2O2/c1-12-4-3-5-13(2)16(12)17-15(20)10-18-8-6-14(11-19)7-9-18/h3-5,14,19H,6-11H2,1-2H3,(H,17,20). The number of nitrogens with zero attached hydrogens (tertiary/aromatic N) is 1. The maximum Gasteiger partial charge on any atom is 0.238 e. The molecule has 1 fully saturated rings. The van der Waals surface area contributed by atoms with Crippen LogP contribution in [0.2, 0.25) is 0 Å². The van der Waals surface area contributed by atoms with Crippen LogP contribution in [0.4, 0.5) is 5.69 Å². The maximum absolute atomic E-state index is 12.1. The van der Waals surface area contributed by atoms with Crippen LogP contribution in [0.5, 0.6) is 0 Å². The van der Waals surface area contributed by atoms with E-state index in [1.54, 1.807) is 0 Å². The first-order chi connectivity index (χ1) is 9.60. The van der Waals surface area contributed by atoms with Crippen molar-refractivity contribution in [3.05, 3.63) is 29.3 Å². The van der Waals surface area contributed by atoms with E-state index in [9.17, 15) is 4.79 Å². The number of carbonyl (C=O) groups excluding carboxylic acids is 1. The number of amides is 1. The smallest absolute Gasteiger partial charge is 0.238 e. The molecule has 2 N–H and O–H groups in total. The van der Waals surface area contributed by atoms with Crippen molar-refractivity contribution < 1.29 is 9.90 Å². The Kier molecular flexibility index (Phi) is 5.15. The van der Waals surface area contributed by atoms with E-state index in [4.69, 9.17) is 5.11 Å². The minimum absolute atomic E-state index is 0.0462. The number of hydrogen-bond donors (Lipinski definition) is 2. The summed E-state index contributed by atoms with van der Waals surface area (Å²) in [4.78, 5) is 14.3. The molecule has 2 rings (SSSR count). The average Bonchev–Trinajstić information content (AvgIpc) is 2.44. The summed E-state index contributed by atoms with van der Waals surface area (Å²) in [6, 6.07) is 6.02. The van der Waals surface area contributed by atoms with Gasteiger partial charge >= 0.3 is 0 Å². The van der Waals surface area contributed by atoms with E-state index in [1.807, 2.05) is 32.0 Å². The Labute approximate surface area is 120 Å². The van der Waals surface area contributed by atoms with E-state index >= 15 is 0 Å². The highest BCUT2D eigenvalue weighted by Crippen LogP contribution is 2.20. The number of anilines is 1.